The first-order chi connectivity index (χ1) is 29.2. The van der Waals surface area contributed by atoms with Gasteiger partial charge >= 0.3 is 0 Å². The highest BCUT2D eigenvalue weighted by Gasteiger charge is 2.60. The van der Waals surface area contributed by atoms with Crippen LogP contribution in [0.4, 0.5) is 17.1 Å². The molecule has 8 atom stereocenters. The van der Waals surface area contributed by atoms with Crippen molar-refractivity contribution in [1.29, 1.82) is 0 Å². The van der Waals surface area contributed by atoms with Crippen LogP contribution in [-0.4, -0.2) is 0 Å². The minimum Gasteiger partial charge on any atom is -0.310 e. The maximum absolute atomic E-state index is 2.70. The molecule has 8 aliphatic carbocycles. The summed E-state index contributed by atoms with van der Waals surface area (Å²) in [5.74, 6) is 4.86. The lowest BCUT2D eigenvalue weighted by Crippen LogP contribution is -2.48. The van der Waals surface area contributed by atoms with Crippen LogP contribution < -0.4 is 4.90 Å². The van der Waals surface area contributed by atoms with Gasteiger partial charge in [0, 0.05) is 27.9 Å². The SMILES string of the molecule is c1ccc2c(c1)-c1ccc(N(c3ccc(-c4cccc5ccccc45)cc3)c3ccc4c(c3)C3(c5ccccc5-4)C4CCC5CC(C4)CC3C5)cc1C21CC2CCC1C2. The summed E-state index contributed by atoms with van der Waals surface area (Å²) in [6.07, 6.45) is 13.9. The van der Waals surface area contributed by atoms with Crippen molar-refractivity contribution in [3.8, 4) is 33.4 Å². The summed E-state index contributed by atoms with van der Waals surface area (Å²) in [6, 6.07) is 59.4. The van der Waals surface area contributed by atoms with Crippen LogP contribution in [0.25, 0.3) is 44.2 Å². The van der Waals surface area contributed by atoms with Crippen molar-refractivity contribution in [1.82, 2.24) is 0 Å². The lowest BCUT2D eigenvalue weighted by Gasteiger charge is -2.53. The molecule has 0 heterocycles. The molecular weight excluding hydrogens is 711 g/mol. The number of hydrogen-bond donors (Lipinski definition) is 0. The molecule has 1 heteroatoms. The van der Waals surface area contributed by atoms with Gasteiger partial charge in [0.15, 0.2) is 0 Å². The second-order valence-corrected chi connectivity index (χ2v) is 20.0. The van der Waals surface area contributed by atoms with Crippen molar-refractivity contribution in [2.45, 2.75) is 75.0 Å². The van der Waals surface area contributed by atoms with Crippen molar-refractivity contribution in [3.63, 3.8) is 0 Å². The highest BCUT2D eigenvalue weighted by molar-refractivity contribution is 5.97. The molecule has 2 spiro atoms. The molecule has 0 aromatic heterocycles. The Bertz CT molecular complexity index is 2850. The molecule has 6 bridgehead atoms. The van der Waals surface area contributed by atoms with Crippen LogP contribution in [0.5, 0.6) is 0 Å². The molecule has 0 amide bonds. The van der Waals surface area contributed by atoms with E-state index in [9.17, 15) is 0 Å². The van der Waals surface area contributed by atoms with Gasteiger partial charge in [0.05, 0.1) is 0 Å². The smallest absolute Gasteiger partial charge is 0.0465 e. The van der Waals surface area contributed by atoms with E-state index in [2.05, 4.69) is 157 Å². The summed E-state index contributed by atoms with van der Waals surface area (Å²) < 4.78 is 0. The largest absolute Gasteiger partial charge is 0.310 e. The van der Waals surface area contributed by atoms with E-state index in [1.165, 1.54) is 125 Å². The number of benzene rings is 7. The van der Waals surface area contributed by atoms with Gasteiger partial charge in [-0.1, -0.05) is 128 Å². The molecule has 1 nitrogen and oxygen atoms in total. The highest BCUT2D eigenvalue weighted by Crippen LogP contribution is 2.69. The molecule has 7 aromatic rings. The zero-order valence-electron chi connectivity index (χ0n) is 33.9. The number of rotatable bonds is 4. The van der Waals surface area contributed by atoms with Crippen LogP contribution in [0.2, 0.25) is 0 Å². The molecule has 288 valence electrons. The van der Waals surface area contributed by atoms with Gasteiger partial charge in [-0.15, -0.1) is 0 Å². The summed E-state index contributed by atoms with van der Waals surface area (Å²) in [5.41, 5.74) is 19.0. The zero-order valence-corrected chi connectivity index (χ0v) is 33.9. The monoisotopic (exact) mass is 761 g/mol. The molecule has 0 N–H and O–H groups in total. The maximum atomic E-state index is 2.70. The minimum atomic E-state index is 0.115. The standard InChI is InChI=1S/C58H51N/c1-2-10-47-39(8-1)9-7-13-48(47)40-18-22-44(23-19-40)59(45-24-26-51-49-11-3-5-14-53(49)57(55(51)33-45)35-37-17-20-41(57)30-37)46-25-27-52-50-12-4-6-15-54(50)58(56(52)34-46)42-21-16-36-28-38(31-42)32-43(58)29-36/h1-15,18-19,22-27,33-34,36-38,41-43H,16-17,20-21,28-32,35H2. The van der Waals surface area contributed by atoms with E-state index in [1.807, 2.05) is 0 Å². The predicted molar refractivity (Wildman–Crippen MR) is 244 cm³/mol. The van der Waals surface area contributed by atoms with E-state index in [0.717, 1.165) is 35.5 Å². The topological polar surface area (TPSA) is 3.24 Å². The van der Waals surface area contributed by atoms with Crippen molar-refractivity contribution in [2.75, 3.05) is 4.90 Å². The summed E-state index contributed by atoms with van der Waals surface area (Å²) in [7, 11) is 0. The van der Waals surface area contributed by atoms with E-state index in [4.69, 9.17) is 0 Å². The first-order valence-electron chi connectivity index (χ1n) is 23.0. The molecule has 59 heavy (non-hydrogen) atoms. The minimum absolute atomic E-state index is 0.115. The molecule has 0 saturated heterocycles. The number of fused-ring (bicyclic) bond motifs is 13. The van der Waals surface area contributed by atoms with Crippen LogP contribution in [-0.2, 0) is 10.8 Å². The van der Waals surface area contributed by atoms with Crippen LogP contribution in [0.1, 0.15) is 86.5 Å². The second-order valence-electron chi connectivity index (χ2n) is 20.0. The van der Waals surface area contributed by atoms with Crippen LogP contribution in [0, 0.1) is 35.5 Å². The van der Waals surface area contributed by atoms with Crippen LogP contribution >= 0.6 is 0 Å². The first-order valence-corrected chi connectivity index (χ1v) is 23.0. The Morgan fingerprint density at radius 3 is 1.80 bits per heavy atom. The lowest BCUT2D eigenvalue weighted by atomic mass is 9.51. The average molecular weight is 762 g/mol. The summed E-state index contributed by atoms with van der Waals surface area (Å²) >= 11 is 0. The normalized spacial score (nSPS) is 29.8. The lowest BCUT2D eigenvalue weighted by molar-refractivity contribution is 0.0618. The van der Waals surface area contributed by atoms with Crippen LogP contribution in [0.15, 0.2) is 152 Å². The average Bonchev–Trinajstić information content (AvgIpc) is 4.00. The molecule has 15 rings (SSSR count). The highest BCUT2D eigenvalue weighted by atomic mass is 15.1. The maximum Gasteiger partial charge on any atom is 0.0465 e. The van der Waals surface area contributed by atoms with E-state index >= 15 is 0 Å². The molecule has 8 aliphatic rings. The van der Waals surface area contributed by atoms with Gasteiger partial charge in [-0.3, -0.25) is 0 Å². The van der Waals surface area contributed by atoms with E-state index in [1.54, 1.807) is 22.3 Å². The molecule has 0 aliphatic heterocycles. The van der Waals surface area contributed by atoms with Gasteiger partial charge < -0.3 is 4.90 Å². The summed E-state index contributed by atoms with van der Waals surface area (Å²) in [4.78, 5) is 2.64. The van der Waals surface area contributed by atoms with E-state index in [0.29, 0.717) is 0 Å². The fourth-order valence-electron chi connectivity index (χ4n) is 15.7. The van der Waals surface area contributed by atoms with Crippen LogP contribution in [0.3, 0.4) is 0 Å². The van der Waals surface area contributed by atoms with E-state index in [-0.39, 0.29) is 10.8 Å². The number of hydrogen-bond acceptors (Lipinski definition) is 1. The molecule has 0 radical (unpaired) electrons. The molecule has 8 unspecified atom stereocenters. The fourth-order valence-corrected chi connectivity index (χ4v) is 15.7. The van der Waals surface area contributed by atoms with Gasteiger partial charge in [-0.05, 0) is 190 Å². The Kier molecular flexibility index (Phi) is 6.85. The van der Waals surface area contributed by atoms with Gasteiger partial charge in [0.2, 0.25) is 0 Å². The molecule has 7 aromatic carbocycles. The third-order valence-corrected chi connectivity index (χ3v) is 17.6. The Morgan fingerprint density at radius 1 is 0.390 bits per heavy atom. The Balaban J connectivity index is 0.971. The second kappa shape index (κ2) is 12.1. The van der Waals surface area contributed by atoms with Crippen molar-refractivity contribution in [2.24, 2.45) is 35.5 Å². The molecular formula is C58H51N. The Hall–Kier alpha value is -5.40. The Labute approximate surface area is 349 Å². The van der Waals surface area contributed by atoms with Gasteiger partial charge in [0.1, 0.15) is 0 Å². The first kappa shape index (κ1) is 33.4. The van der Waals surface area contributed by atoms with Gasteiger partial charge in [-0.2, -0.15) is 0 Å². The quantitative estimate of drug-likeness (QED) is 0.173. The van der Waals surface area contributed by atoms with Gasteiger partial charge in [0.25, 0.3) is 0 Å². The molecule has 6 saturated carbocycles. The third kappa shape index (κ3) is 4.42. The Morgan fingerprint density at radius 2 is 0.983 bits per heavy atom. The molecule has 6 fully saturated rings. The van der Waals surface area contributed by atoms with Crippen molar-refractivity contribution >= 4 is 27.8 Å². The summed E-state index contributed by atoms with van der Waals surface area (Å²) in [5, 5.41) is 2.60. The predicted octanol–water partition coefficient (Wildman–Crippen LogP) is 15.2. The van der Waals surface area contributed by atoms with E-state index < -0.39 is 0 Å². The van der Waals surface area contributed by atoms with Crippen molar-refractivity contribution < 1.29 is 0 Å². The van der Waals surface area contributed by atoms with Crippen molar-refractivity contribution in [3.05, 3.63) is 174 Å². The third-order valence-electron chi connectivity index (χ3n) is 17.6. The fraction of sp³-hybridized carbons (Fsp3) is 0.310. The van der Waals surface area contributed by atoms with Gasteiger partial charge in [-0.25, -0.2) is 0 Å². The zero-order chi connectivity index (χ0) is 38.5. The summed E-state index contributed by atoms with van der Waals surface area (Å²) in [6.45, 7) is 0. The number of nitrogens with zero attached hydrogens (tertiary/aromatic N) is 1. The number of anilines is 3.